The molecule has 0 bridgehead atoms. The van der Waals surface area contributed by atoms with Gasteiger partial charge in [-0.2, -0.15) is 0 Å². The Bertz CT molecular complexity index is 982. The van der Waals surface area contributed by atoms with Crippen molar-refractivity contribution in [2.45, 2.75) is 20.8 Å². The molecule has 0 amide bonds. The summed E-state index contributed by atoms with van der Waals surface area (Å²) in [5.41, 5.74) is 8.45. The molecule has 0 aliphatic rings. The highest BCUT2D eigenvalue weighted by Gasteiger charge is 2.11. The van der Waals surface area contributed by atoms with Crippen LogP contribution in [0.25, 0.3) is 33.1 Å². The monoisotopic (exact) mass is 286 g/mol. The Morgan fingerprint density at radius 2 is 1.36 bits per heavy atom. The molecule has 0 fully saturated rings. The smallest absolute Gasteiger partial charge is 0.135 e. The second-order valence-electron chi connectivity index (χ2n) is 6.08. The van der Waals surface area contributed by atoms with Gasteiger partial charge < -0.3 is 4.42 Å². The van der Waals surface area contributed by atoms with Gasteiger partial charge >= 0.3 is 0 Å². The van der Waals surface area contributed by atoms with E-state index in [1.165, 1.54) is 38.6 Å². The molecule has 0 aliphatic carbocycles. The van der Waals surface area contributed by atoms with Crippen molar-refractivity contribution in [1.29, 1.82) is 0 Å². The first-order valence-electron chi connectivity index (χ1n) is 7.63. The van der Waals surface area contributed by atoms with Gasteiger partial charge in [0.2, 0.25) is 0 Å². The quantitative estimate of drug-likeness (QED) is 0.407. The molecule has 1 aromatic heterocycles. The van der Waals surface area contributed by atoms with Crippen LogP contribution in [0.1, 0.15) is 16.7 Å². The summed E-state index contributed by atoms with van der Waals surface area (Å²) in [6.45, 7) is 6.52. The molecule has 0 aliphatic heterocycles. The third kappa shape index (κ3) is 1.93. The molecular weight excluding hydrogens is 268 g/mol. The van der Waals surface area contributed by atoms with Crippen molar-refractivity contribution < 1.29 is 4.42 Å². The van der Waals surface area contributed by atoms with Gasteiger partial charge in [-0.3, -0.25) is 0 Å². The lowest BCUT2D eigenvalue weighted by molar-refractivity contribution is 0.669. The molecule has 1 heterocycles. The number of rotatable bonds is 1. The van der Waals surface area contributed by atoms with Gasteiger partial charge in [0.25, 0.3) is 0 Å². The zero-order valence-electron chi connectivity index (χ0n) is 13.1. The standard InChI is InChI=1S/C21H18O/c1-13-10-14(2)21(15(3)11-13)16-8-9-20-18(12-16)17-6-4-5-7-19(17)22-20/h4-12H,1-3H3. The van der Waals surface area contributed by atoms with Crippen LogP contribution >= 0.6 is 0 Å². The maximum atomic E-state index is 5.92. The third-order valence-corrected chi connectivity index (χ3v) is 4.34. The van der Waals surface area contributed by atoms with Crippen molar-refractivity contribution in [1.82, 2.24) is 0 Å². The van der Waals surface area contributed by atoms with Crippen molar-refractivity contribution in [2.75, 3.05) is 0 Å². The van der Waals surface area contributed by atoms with Crippen LogP contribution in [0.5, 0.6) is 0 Å². The van der Waals surface area contributed by atoms with Crippen LogP contribution in [0, 0.1) is 20.8 Å². The minimum absolute atomic E-state index is 0.951. The number of furan rings is 1. The van der Waals surface area contributed by atoms with Gasteiger partial charge in [0.05, 0.1) is 0 Å². The molecule has 108 valence electrons. The highest BCUT2D eigenvalue weighted by Crippen LogP contribution is 2.34. The first kappa shape index (κ1) is 13.1. The SMILES string of the molecule is Cc1cc(C)c(-c2ccc3oc4ccccc4c3c2)c(C)c1. The first-order chi connectivity index (χ1) is 10.6. The molecule has 0 radical (unpaired) electrons. The molecule has 22 heavy (non-hydrogen) atoms. The summed E-state index contributed by atoms with van der Waals surface area (Å²) in [6.07, 6.45) is 0. The van der Waals surface area contributed by atoms with Gasteiger partial charge in [-0.05, 0) is 61.2 Å². The van der Waals surface area contributed by atoms with E-state index in [1.54, 1.807) is 0 Å². The number of para-hydroxylation sites is 1. The Balaban J connectivity index is 2.02. The van der Waals surface area contributed by atoms with Crippen molar-refractivity contribution in [3.8, 4) is 11.1 Å². The first-order valence-corrected chi connectivity index (χ1v) is 7.63. The Kier molecular flexibility index (Phi) is 2.83. The molecule has 0 saturated heterocycles. The van der Waals surface area contributed by atoms with E-state index < -0.39 is 0 Å². The van der Waals surface area contributed by atoms with Gasteiger partial charge in [-0.15, -0.1) is 0 Å². The van der Waals surface area contributed by atoms with E-state index in [1.807, 2.05) is 12.1 Å². The average molecular weight is 286 g/mol. The fourth-order valence-electron chi connectivity index (χ4n) is 3.52. The van der Waals surface area contributed by atoms with Crippen LogP contribution in [-0.4, -0.2) is 0 Å². The van der Waals surface area contributed by atoms with Gasteiger partial charge in [0.1, 0.15) is 11.2 Å². The summed E-state index contributed by atoms with van der Waals surface area (Å²) < 4.78 is 5.92. The van der Waals surface area contributed by atoms with Crippen molar-refractivity contribution in [3.05, 3.63) is 71.3 Å². The van der Waals surface area contributed by atoms with Crippen LogP contribution in [0.3, 0.4) is 0 Å². The lowest BCUT2D eigenvalue weighted by Gasteiger charge is -2.11. The predicted molar refractivity (Wildman–Crippen MR) is 93.4 cm³/mol. The van der Waals surface area contributed by atoms with E-state index in [2.05, 4.69) is 63.2 Å². The molecule has 3 aromatic carbocycles. The van der Waals surface area contributed by atoms with Gasteiger partial charge in [0.15, 0.2) is 0 Å². The van der Waals surface area contributed by atoms with Gasteiger partial charge in [-0.1, -0.05) is 42.0 Å². The third-order valence-electron chi connectivity index (χ3n) is 4.34. The predicted octanol–water partition coefficient (Wildman–Crippen LogP) is 6.18. The molecular formula is C21H18O. The minimum atomic E-state index is 0.951. The van der Waals surface area contributed by atoms with E-state index in [4.69, 9.17) is 4.42 Å². The number of hydrogen-bond donors (Lipinski definition) is 0. The summed E-state index contributed by atoms with van der Waals surface area (Å²) in [4.78, 5) is 0. The summed E-state index contributed by atoms with van der Waals surface area (Å²) in [7, 11) is 0. The number of aryl methyl sites for hydroxylation is 3. The fourth-order valence-corrected chi connectivity index (χ4v) is 3.52. The molecule has 0 saturated carbocycles. The van der Waals surface area contributed by atoms with Gasteiger partial charge in [0, 0.05) is 10.8 Å². The molecule has 4 aromatic rings. The number of benzene rings is 3. The molecule has 0 N–H and O–H groups in total. The second kappa shape index (κ2) is 4.74. The maximum absolute atomic E-state index is 5.92. The molecule has 0 unspecified atom stereocenters. The van der Waals surface area contributed by atoms with Crippen LogP contribution in [0.4, 0.5) is 0 Å². The molecule has 1 nitrogen and oxygen atoms in total. The highest BCUT2D eigenvalue weighted by atomic mass is 16.3. The zero-order chi connectivity index (χ0) is 15.3. The molecule has 0 spiro atoms. The Labute approximate surface area is 130 Å². The zero-order valence-corrected chi connectivity index (χ0v) is 13.1. The summed E-state index contributed by atoms with van der Waals surface area (Å²) in [6, 6.07) is 19.2. The lowest BCUT2D eigenvalue weighted by Crippen LogP contribution is -1.89. The lowest BCUT2D eigenvalue weighted by atomic mass is 9.93. The Morgan fingerprint density at radius 1 is 0.682 bits per heavy atom. The summed E-state index contributed by atoms with van der Waals surface area (Å²) in [5.74, 6) is 0. The van der Waals surface area contributed by atoms with Crippen LogP contribution in [0.2, 0.25) is 0 Å². The largest absolute Gasteiger partial charge is 0.456 e. The van der Waals surface area contributed by atoms with Crippen molar-refractivity contribution >= 4 is 21.9 Å². The highest BCUT2D eigenvalue weighted by molar-refractivity contribution is 6.06. The second-order valence-corrected chi connectivity index (χ2v) is 6.08. The number of hydrogen-bond acceptors (Lipinski definition) is 1. The van der Waals surface area contributed by atoms with Crippen LogP contribution in [-0.2, 0) is 0 Å². The van der Waals surface area contributed by atoms with Crippen LogP contribution in [0.15, 0.2) is 59.0 Å². The Morgan fingerprint density at radius 3 is 2.14 bits per heavy atom. The topological polar surface area (TPSA) is 13.1 Å². The van der Waals surface area contributed by atoms with Crippen molar-refractivity contribution in [2.24, 2.45) is 0 Å². The fraction of sp³-hybridized carbons (Fsp3) is 0.143. The van der Waals surface area contributed by atoms with Crippen molar-refractivity contribution in [3.63, 3.8) is 0 Å². The molecule has 0 atom stereocenters. The number of fused-ring (bicyclic) bond motifs is 3. The molecule has 4 rings (SSSR count). The van der Waals surface area contributed by atoms with E-state index in [0.717, 1.165) is 11.2 Å². The summed E-state index contributed by atoms with van der Waals surface area (Å²) >= 11 is 0. The summed E-state index contributed by atoms with van der Waals surface area (Å²) in [5, 5.41) is 2.37. The molecule has 1 heteroatoms. The average Bonchev–Trinajstić information content (AvgIpc) is 2.84. The maximum Gasteiger partial charge on any atom is 0.135 e. The van der Waals surface area contributed by atoms with E-state index in [0.29, 0.717) is 0 Å². The van der Waals surface area contributed by atoms with E-state index in [9.17, 15) is 0 Å². The van der Waals surface area contributed by atoms with Crippen LogP contribution < -0.4 is 0 Å². The van der Waals surface area contributed by atoms with E-state index >= 15 is 0 Å². The minimum Gasteiger partial charge on any atom is -0.456 e. The van der Waals surface area contributed by atoms with E-state index in [-0.39, 0.29) is 0 Å². The Hall–Kier alpha value is -2.54. The normalized spacial score (nSPS) is 11.4. The van der Waals surface area contributed by atoms with Gasteiger partial charge in [-0.25, -0.2) is 0 Å².